The van der Waals surface area contributed by atoms with Crippen molar-refractivity contribution in [2.75, 3.05) is 33.3 Å². The highest BCUT2D eigenvalue weighted by Crippen LogP contribution is 2.18. The first-order valence-electron chi connectivity index (χ1n) is 7.38. The zero-order chi connectivity index (χ0) is 11.9. The van der Waals surface area contributed by atoms with Crippen LogP contribution in [0.4, 0.5) is 0 Å². The Labute approximate surface area is 106 Å². The third-order valence-electron chi connectivity index (χ3n) is 3.77. The molecule has 100 valence electrons. The van der Waals surface area contributed by atoms with E-state index in [2.05, 4.69) is 17.3 Å². The first kappa shape index (κ1) is 13.3. The molecule has 3 heteroatoms. The Bertz CT molecular complexity index is 200. The van der Waals surface area contributed by atoms with Gasteiger partial charge in [-0.15, -0.1) is 0 Å². The van der Waals surface area contributed by atoms with Crippen molar-refractivity contribution in [1.82, 2.24) is 10.2 Å². The molecule has 1 unspecified atom stereocenters. The van der Waals surface area contributed by atoms with E-state index in [0.29, 0.717) is 6.10 Å². The van der Waals surface area contributed by atoms with Gasteiger partial charge in [0.25, 0.3) is 0 Å². The highest BCUT2D eigenvalue weighted by atomic mass is 16.5. The van der Waals surface area contributed by atoms with E-state index in [1.54, 1.807) is 0 Å². The summed E-state index contributed by atoms with van der Waals surface area (Å²) in [6.07, 6.45) is 9.79. The summed E-state index contributed by atoms with van der Waals surface area (Å²) in [5, 5.41) is 3.57. The summed E-state index contributed by atoms with van der Waals surface area (Å²) < 4.78 is 5.76. The molecular formula is C14H28N2O. The number of nitrogens with zero attached hydrogens (tertiary/aromatic N) is 1. The molecular weight excluding hydrogens is 212 g/mol. The molecule has 1 saturated carbocycles. The summed E-state index contributed by atoms with van der Waals surface area (Å²) in [5.41, 5.74) is 0. The van der Waals surface area contributed by atoms with Gasteiger partial charge in [-0.25, -0.2) is 0 Å². The third kappa shape index (κ3) is 5.84. The van der Waals surface area contributed by atoms with Gasteiger partial charge in [0.2, 0.25) is 0 Å². The Kier molecular flexibility index (Phi) is 5.75. The topological polar surface area (TPSA) is 24.5 Å². The second-order valence-corrected chi connectivity index (χ2v) is 5.69. The lowest BCUT2D eigenvalue weighted by molar-refractivity contribution is -0.00158. The van der Waals surface area contributed by atoms with Crippen molar-refractivity contribution in [2.45, 2.75) is 57.1 Å². The average molecular weight is 240 g/mol. The maximum absolute atomic E-state index is 5.76. The Balaban J connectivity index is 1.43. The maximum Gasteiger partial charge on any atom is 0.0701 e. The Hall–Kier alpha value is -0.120. The van der Waals surface area contributed by atoms with E-state index in [1.165, 1.54) is 58.0 Å². The lowest BCUT2D eigenvalue weighted by atomic mass is 10.1. The molecule has 0 aromatic heterocycles. The molecule has 0 aromatic rings. The molecule has 2 rings (SSSR count). The Morgan fingerprint density at radius 2 is 2.06 bits per heavy atom. The van der Waals surface area contributed by atoms with Gasteiger partial charge in [-0.1, -0.05) is 0 Å². The molecule has 0 bridgehead atoms. The van der Waals surface area contributed by atoms with Crippen LogP contribution in [0.1, 0.15) is 44.9 Å². The minimum absolute atomic E-state index is 0.498. The molecule has 1 aliphatic heterocycles. The zero-order valence-corrected chi connectivity index (χ0v) is 11.3. The van der Waals surface area contributed by atoms with Gasteiger partial charge in [0.1, 0.15) is 0 Å². The van der Waals surface area contributed by atoms with Crippen LogP contribution >= 0.6 is 0 Å². The van der Waals surface area contributed by atoms with Crippen molar-refractivity contribution in [1.29, 1.82) is 0 Å². The van der Waals surface area contributed by atoms with Gasteiger partial charge >= 0.3 is 0 Å². The average Bonchev–Trinajstić information content (AvgIpc) is 3.14. The predicted octanol–water partition coefficient (Wildman–Crippen LogP) is 2.02. The van der Waals surface area contributed by atoms with E-state index in [0.717, 1.165) is 19.2 Å². The molecule has 3 nitrogen and oxygen atoms in total. The Morgan fingerprint density at radius 3 is 2.76 bits per heavy atom. The molecule has 17 heavy (non-hydrogen) atoms. The van der Waals surface area contributed by atoms with Crippen molar-refractivity contribution in [3.8, 4) is 0 Å². The SMILES string of the molecule is CN(CCCCNC1CC1)CC1CCCCO1. The molecule has 0 aromatic carbocycles. The fourth-order valence-electron chi connectivity index (χ4n) is 2.49. The van der Waals surface area contributed by atoms with Crippen LogP contribution in [-0.4, -0.2) is 50.3 Å². The number of hydrogen-bond acceptors (Lipinski definition) is 3. The van der Waals surface area contributed by atoms with Crippen LogP contribution in [0.25, 0.3) is 0 Å². The molecule has 1 heterocycles. The van der Waals surface area contributed by atoms with Crippen molar-refractivity contribution in [2.24, 2.45) is 0 Å². The van der Waals surface area contributed by atoms with Crippen molar-refractivity contribution < 1.29 is 4.74 Å². The monoisotopic (exact) mass is 240 g/mol. The van der Waals surface area contributed by atoms with E-state index in [9.17, 15) is 0 Å². The number of ether oxygens (including phenoxy) is 1. The van der Waals surface area contributed by atoms with E-state index in [4.69, 9.17) is 4.74 Å². The largest absolute Gasteiger partial charge is 0.377 e. The molecule has 1 saturated heterocycles. The molecule has 0 spiro atoms. The number of likely N-dealkylation sites (N-methyl/N-ethyl adjacent to an activating group) is 1. The van der Waals surface area contributed by atoms with Gasteiger partial charge in [0, 0.05) is 19.2 Å². The van der Waals surface area contributed by atoms with Crippen LogP contribution in [0.5, 0.6) is 0 Å². The smallest absolute Gasteiger partial charge is 0.0701 e. The quantitative estimate of drug-likeness (QED) is 0.657. The van der Waals surface area contributed by atoms with Crippen LogP contribution in [-0.2, 0) is 4.74 Å². The first-order valence-corrected chi connectivity index (χ1v) is 7.38. The highest BCUT2D eigenvalue weighted by molar-refractivity contribution is 4.80. The second kappa shape index (κ2) is 7.34. The number of unbranched alkanes of at least 4 members (excludes halogenated alkanes) is 1. The maximum atomic E-state index is 5.76. The summed E-state index contributed by atoms with van der Waals surface area (Å²) in [5.74, 6) is 0. The van der Waals surface area contributed by atoms with Gasteiger partial charge in [0.15, 0.2) is 0 Å². The second-order valence-electron chi connectivity index (χ2n) is 5.69. The summed E-state index contributed by atoms with van der Waals surface area (Å²) in [6.45, 7) is 4.52. The zero-order valence-electron chi connectivity index (χ0n) is 11.3. The minimum atomic E-state index is 0.498. The normalized spacial score (nSPS) is 25.4. The fraction of sp³-hybridized carbons (Fsp3) is 1.00. The van der Waals surface area contributed by atoms with Crippen LogP contribution in [0.15, 0.2) is 0 Å². The molecule has 0 amide bonds. The summed E-state index contributed by atoms with van der Waals surface area (Å²) in [6, 6.07) is 0.864. The van der Waals surface area contributed by atoms with Gasteiger partial charge < -0.3 is 15.0 Å². The predicted molar refractivity (Wildman–Crippen MR) is 71.3 cm³/mol. The lowest BCUT2D eigenvalue weighted by Gasteiger charge is -2.27. The third-order valence-corrected chi connectivity index (χ3v) is 3.77. The van der Waals surface area contributed by atoms with Crippen LogP contribution in [0, 0.1) is 0 Å². The first-order chi connectivity index (χ1) is 8.34. The van der Waals surface area contributed by atoms with E-state index in [1.807, 2.05) is 0 Å². The highest BCUT2D eigenvalue weighted by Gasteiger charge is 2.19. The van der Waals surface area contributed by atoms with Crippen LogP contribution in [0.3, 0.4) is 0 Å². The summed E-state index contributed by atoms with van der Waals surface area (Å²) in [7, 11) is 2.23. The van der Waals surface area contributed by atoms with Crippen molar-refractivity contribution in [3.05, 3.63) is 0 Å². The molecule has 0 radical (unpaired) electrons. The van der Waals surface area contributed by atoms with Crippen molar-refractivity contribution >= 4 is 0 Å². The lowest BCUT2D eigenvalue weighted by Crippen LogP contribution is -2.34. The van der Waals surface area contributed by atoms with Gasteiger partial charge in [-0.05, 0) is 65.1 Å². The fourth-order valence-corrected chi connectivity index (χ4v) is 2.49. The van der Waals surface area contributed by atoms with Gasteiger partial charge in [0.05, 0.1) is 6.10 Å². The van der Waals surface area contributed by atoms with Crippen LogP contribution in [0.2, 0.25) is 0 Å². The number of rotatable bonds is 8. The Morgan fingerprint density at radius 1 is 1.18 bits per heavy atom. The van der Waals surface area contributed by atoms with E-state index in [-0.39, 0.29) is 0 Å². The molecule has 1 atom stereocenters. The number of hydrogen-bond donors (Lipinski definition) is 1. The van der Waals surface area contributed by atoms with Gasteiger partial charge in [-0.3, -0.25) is 0 Å². The molecule has 2 aliphatic rings. The number of nitrogens with one attached hydrogen (secondary N) is 1. The van der Waals surface area contributed by atoms with Crippen molar-refractivity contribution in [3.63, 3.8) is 0 Å². The molecule has 1 N–H and O–H groups in total. The molecule has 2 fully saturated rings. The van der Waals surface area contributed by atoms with Crippen LogP contribution < -0.4 is 5.32 Å². The van der Waals surface area contributed by atoms with E-state index < -0.39 is 0 Å². The van der Waals surface area contributed by atoms with E-state index >= 15 is 0 Å². The summed E-state index contributed by atoms with van der Waals surface area (Å²) >= 11 is 0. The minimum Gasteiger partial charge on any atom is -0.377 e. The van der Waals surface area contributed by atoms with Gasteiger partial charge in [-0.2, -0.15) is 0 Å². The standard InChI is InChI=1S/C14H28N2O/c1-16(12-14-6-2-5-11-17-14)10-4-3-9-15-13-7-8-13/h13-15H,2-12H2,1H3. The summed E-state index contributed by atoms with van der Waals surface area (Å²) in [4.78, 5) is 2.44. The molecule has 1 aliphatic carbocycles.